The molecule has 0 spiro atoms. The topological polar surface area (TPSA) is 68.0 Å². The van der Waals surface area contributed by atoms with Crippen LogP contribution >= 0.6 is 11.3 Å². The van der Waals surface area contributed by atoms with Gasteiger partial charge in [0, 0.05) is 10.6 Å². The van der Waals surface area contributed by atoms with E-state index in [1.807, 2.05) is 18.4 Å². The highest BCUT2D eigenvalue weighted by molar-refractivity contribution is 7.10. The molecule has 2 aromatic heterocycles. The van der Waals surface area contributed by atoms with Crippen molar-refractivity contribution in [3.05, 3.63) is 45.9 Å². The van der Waals surface area contributed by atoms with E-state index in [1.165, 1.54) is 10.4 Å². The predicted molar refractivity (Wildman–Crippen MR) is 73.3 cm³/mol. The van der Waals surface area contributed by atoms with Crippen LogP contribution in [-0.4, -0.2) is 10.9 Å². The summed E-state index contributed by atoms with van der Waals surface area (Å²) in [4.78, 5) is 17.0. The second kappa shape index (κ2) is 5.64. The van der Waals surface area contributed by atoms with Crippen LogP contribution < -0.4 is 11.1 Å². The highest BCUT2D eigenvalue weighted by Gasteiger charge is 2.06. The van der Waals surface area contributed by atoms with Crippen LogP contribution in [-0.2, 0) is 17.8 Å². The van der Waals surface area contributed by atoms with Gasteiger partial charge in [-0.3, -0.25) is 9.78 Å². The molecule has 0 aliphatic carbocycles. The number of pyridine rings is 1. The van der Waals surface area contributed by atoms with Crippen LogP contribution in [0.1, 0.15) is 16.1 Å². The van der Waals surface area contributed by atoms with Gasteiger partial charge in [-0.1, -0.05) is 0 Å². The summed E-state index contributed by atoms with van der Waals surface area (Å²) in [6.45, 7) is 2.62. The Hall–Kier alpha value is -1.88. The first-order valence-electron chi connectivity index (χ1n) is 5.65. The Labute approximate surface area is 110 Å². The molecule has 5 heteroatoms. The number of aryl methyl sites for hydroxylation is 1. The lowest BCUT2D eigenvalue weighted by Crippen LogP contribution is -2.24. The third-order valence-electron chi connectivity index (χ3n) is 2.60. The van der Waals surface area contributed by atoms with Crippen LogP contribution in [0, 0.1) is 6.92 Å². The van der Waals surface area contributed by atoms with Gasteiger partial charge in [-0.2, -0.15) is 0 Å². The highest BCUT2D eigenvalue weighted by atomic mass is 32.1. The number of anilines is 1. The van der Waals surface area contributed by atoms with Crippen molar-refractivity contribution < 1.29 is 4.79 Å². The average molecular weight is 261 g/mol. The maximum absolute atomic E-state index is 11.7. The van der Waals surface area contributed by atoms with E-state index in [0.717, 1.165) is 5.69 Å². The van der Waals surface area contributed by atoms with Gasteiger partial charge >= 0.3 is 0 Å². The van der Waals surface area contributed by atoms with E-state index in [4.69, 9.17) is 5.73 Å². The fourth-order valence-corrected chi connectivity index (χ4v) is 2.38. The van der Waals surface area contributed by atoms with Crippen molar-refractivity contribution in [2.75, 3.05) is 5.73 Å². The number of hydrogen-bond acceptors (Lipinski definition) is 4. The van der Waals surface area contributed by atoms with Gasteiger partial charge in [0.05, 0.1) is 24.8 Å². The largest absolute Gasteiger partial charge is 0.397 e. The van der Waals surface area contributed by atoms with Crippen molar-refractivity contribution in [3.63, 3.8) is 0 Å². The molecule has 2 aromatic rings. The molecule has 94 valence electrons. The first-order chi connectivity index (χ1) is 8.65. The molecule has 0 atom stereocenters. The lowest BCUT2D eigenvalue weighted by Gasteiger charge is -2.04. The summed E-state index contributed by atoms with van der Waals surface area (Å²) in [5.41, 5.74) is 8.08. The van der Waals surface area contributed by atoms with E-state index in [0.29, 0.717) is 12.2 Å². The van der Waals surface area contributed by atoms with Gasteiger partial charge < -0.3 is 11.1 Å². The maximum Gasteiger partial charge on any atom is 0.226 e. The zero-order chi connectivity index (χ0) is 13.0. The Bertz CT molecular complexity index is 533. The molecule has 1 amide bonds. The summed E-state index contributed by atoms with van der Waals surface area (Å²) in [7, 11) is 0. The fraction of sp³-hybridized carbons (Fsp3) is 0.231. The number of aromatic nitrogens is 1. The third kappa shape index (κ3) is 3.30. The summed E-state index contributed by atoms with van der Waals surface area (Å²) in [5.74, 6) is -0.0277. The molecule has 0 radical (unpaired) electrons. The molecule has 2 heterocycles. The van der Waals surface area contributed by atoms with Gasteiger partial charge in [-0.15, -0.1) is 11.3 Å². The van der Waals surface area contributed by atoms with Crippen molar-refractivity contribution in [2.45, 2.75) is 19.9 Å². The second-order valence-corrected chi connectivity index (χ2v) is 5.06. The zero-order valence-corrected chi connectivity index (χ0v) is 11.0. The monoisotopic (exact) mass is 261 g/mol. The number of nitrogens with one attached hydrogen (secondary N) is 1. The number of nitrogens with zero attached hydrogens (tertiary/aromatic N) is 1. The lowest BCUT2D eigenvalue weighted by molar-refractivity contribution is -0.120. The lowest BCUT2D eigenvalue weighted by atomic mass is 10.2. The number of carbonyl (C=O) groups excluding carboxylic acids is 1. The first kappa shape index (κ1) is 12.6. The van der Waals surface area contributed by atoms with Crippen LogP contribution in [0.3, 0.4) is 0 Å². The van der Waals surface area contributed by atoms with Crippen LogP contribution in [0.15, 0.2) is 29.8 Å². The van der Waals surface area contributed by atoms with Crippen molar-refractivity contribution in [3.8, 4) is 0 Å². The number of rotatable bonds is 4. The summed E-state index contributed by atoms with van der Waals surface area (Å²) >= 11 is 1.65. The van der Waals surface area contributed by atoms with Crippen molar-refractivity contribution in [2.24, 2.45) is 0 Å². The van der Waals surface area contributed by atoms with E-state index < -0.39 is 0 Å². The number of hydrogen-bond donors (Lipinski definition) is 2. The molecule has 4 nitrogen and oxygen atoms in total. The van der Waals surface area contributed by atoms with Crippen molar-refractivity contribution in [1.82, 2.24) is 10.3 Å². The Kier molecular flexibility index (Phi) is 3.94. The molecule has 3 N–H and O–H groups in total. The third-order valence-corrected chi connectivity index (χ3v) is 3.63. The van der Waals surface area contributed by atoms with Crippen LogP contribution in [0.4, 0.5) is 5.69 Å². The molecule has 0 aromatic carbocycles. The summed E-state index contributed by atoms with van der Waals surface area (Å²) in [6.07, 6.45) is 1.84. The van der Waals surface area contributed by atoms with Crippen LogP contribution in [0.25, 0.3) is 0 Å². The van der Waals surface area contributed by atoms with E-state index >= 15 is 0 Å². The second-order valence-electron chi connectivity index (χ2n) is 4.06. The molecular formula is C13H15N3OS. The quantitative estimate of drug-likeness (QED) is 0.883. The zero-order valence-electron chi connectivity index (χ0n) is 10.1. The highest BCUT2D eigenvalue weighted by Crippen LogP contribution is 2.14. The fourth-order valence-electron chi connectivity index (χ4n) is 1.53. The van der Waals surface area contributed by atoms with E-state index in [2.05, 4.69) is 10.3 Å². The summed E-state index contributed by atoms with van der Waals surface area (Å²) in [5, 5.41) is 4.92. The minimum atomic E-state index is -0.0277. The normalized spacial score (nSPS) is 10.3. The van der Waals surface area contributed by atoms with Gasteiger partial charge in [0.2, 0.25) is 5.91 Å². The van der Waals surface area contributed by atoms with Gasteiger partial charge in [-0.05, 0) is 36.1 Å². The van der Waals surface area contributed by atoms with Gasteiger partial charge in [-0.25, -0.2) is 0 Å². The summed E-state index contributed by atoms with van der Waals surface area (Å²) < 4.78 is 0. The molecule has 0 aliphatic rings. The number of nitrogens with two attached hydrogens (primary N) is 1. The van der Waals surface area contributed by atoms with E-state index in [9.17, 15) is 4.79 Å². The number of nitrogen functional groups attached to an aromatic ring is 1. The van der Waals surface area contributed by atoms with Crippen molar-refractivity contribution in [1.29, 1.82) is 0 Å². The molecule has 0 aliphatic heterocycles. The average Bonchev–Trinajstić information content (AvgIpc) is 2.75. The van der Waals surface area contributed by atoms with E-state index in [1.54, 1.807) is 29.7 Å². The SMILES string of the molecule is Cc1ccsc1CNC(=O)Cc1ccc(N)cn1. The molecule has 0 saturated heterocycles. The molecule has 18 heavy (non-hydrogen) atoms. The Morgan fingerprint density at radius 1 is 1.44 bits per heavy atom. The first-order valence-corrected chi connectivity index (χ1v) is 6.53. The van der Waals surface area contributed by atoms with Gasteiger partial charge in [0.25, 0.3) is 0 Å². The Morgan fingerprint density at radius 3 is 2.89 bits per heavy atom. The Morgan fingerprint density at radius 2 is 2.28 bits per heavy atom. The standard InChI is InChI=1S/C13H15N3OS/c1-9-4-5-18-12(9)8-16-13(17)6-11-3-2-10(14)7-15-11/h2-5,7H,6,8,14H2,1H3,(H,16,17). The minimum absolute atomic E-state index is 0.0277. The van der Waals surface area contributed by atoms with Gasteiger partial charge in [0.15, 0.2) is 0 Å². The summed E-state index contributed by atoms with van der Waals surface area (Å²) in [6, 6.07) is 5.57. The minimum Gasteiger partial charge on any atom is -0.397 e. The van der Waals surface area contributed by atoms with E-state index in [-0.39, 0.29) is 12.3 Å². The van der Waals surface area contributed by atoms with Gasteiger partial charge in [0.1, 0.15) is 0 Å². The number of thiophene rings is 1. The van der Waals surface area contributed by atoms with Crippen LogP contribution in [0.2, 0.25) is 0 Å². The van der Waals surface area contributed by atoms with Crippen molar-refractivity contribution >= 4 is 22.9 Å². The van der Waals surface area contributed by atoms with Crippen LogP contribution in [0.5, 0.6) is 0 Å². The number of carbonyl (C=O) groups is 1. The molecule has 0 bridgehead atoms. The molecule has 0 saturated carbocycles. The smallest absolute Gasteiger partial charge is 0.226 e. The molecule has 2 rings (SSSR count). The molecule has 0 unspecified atom stereocenters. The number of amides is 1. The Balaban J connectivity index is 1.86. The molecule has 0 fully saturated rings. The molecular weight excluding hydrogens is 246 g/mol. The maximum atomic E-state index is 11.7. The predicted octanol–water partition coefficient (Wildman–Crippen LogP) is 1.89.